The molecule has 1 saturated heterocycles. The molecule has 106 valence electrons. The van der Waals surface area contributed by atoms with Crippen LogP contribution in [0.4, 0.5) is 0 Å². The van der Waals surface area contributed by atoms with Gasteiger partial charge in [0, 0.05) is 5.92 Å². The van der Waals surface area contributed by atoms with Gasteiger partial charge in [0.2, 0.25) is 5.89 Å². The zero-order valence-corrected chi connectivity index (χ0v) is 11.7. The Morgan fingerprint density at radius 1 is 0.895 bits per heavy atom. The number of rotatable bonds is 2. The van der Waals surface area contributed by atoms with E-state index in [9.17, 15) is 0 Å². The Morgan fingerprint density at radius 2 is 1.63 bits per heavy atom. The third-order valence-electron chi connectivity index (χ3n) is 4.53. The molecular formula is C15H25N3O. The van der Waals surface area contributed by atoms with Crippen molar-refractivity contribution in [1.29, 1.82) is 0 Å². The maximum absolute atomic E-state index is 5.55. The summed E-state index contributed by atoms with van der Waals surface area (Å²) in [5, 5.41) is 7.71. The van der Waals surface area contributed by atoms with Crippen molar-refractivity contribution < 1.29 is 4.52 Å². The van der Waals surface area contributed by atoms with Crippen molar-refractivity contribution in [2.24, 2.45) is 0 Å². The van der Waals surface area contributed by atoms with Crippen molar-refractivity contribution in [2.75, 3.05) is 6.54 Å². The second-order valence-corrected chi connectivity index (χ2v) is 6.04. The fraction of sp³-hybridized carbons (Fsp3) is 0.867. The molecule has 0 bridgehead atoms. The highest BCUT2D eigenvalue weighted by Crippen LogP contribution is 2.31. The average molecular weight is 263 g/mol. The van der Waals surface area contributed by atoms with E-state index in [-0.39, 0.29) is 0 Å². The van der Waals surface area contributed by atoms with Crippen LogP contribution in [0.15, 0.2) is 4.52 Å². The van der Waals surface area contributed by atoms with Crippen LogP contribution in [-0.2, 0) is 0 Å². The van der Waals surface area contributed by atoms with Gasteiger partial charge in [-0.2, -0.15) is 4.98 Å². The van der Waals surface area contributed by atoms with Crippen molar-refractivity contribution in [1.82, 2.24) is 15.5 Å². The van der Waals surface area contributed by atoms with Crippen LogP contribution < -0.4 is 5.32 Å². The van der Waals surface area contributed by atoms with Crippen molar-refractivity contribution in [2.45, 2.75) is 76.2 Å². The first-order valence-corrected chi connectivity index (χ1v) is 8.00. The van der Waals surface area contributed by atoms with E-state index < -0.39 is 0 Å². The fourth-order valence-corrected chi connectivity index (χ4v) is 3.33. The van der Waals surface area contributed by atoms with E-state index in [1.54, 1.807) is 0 Å². The minimum atomic E-state index is 0.319. The fourth-order valence-electron chi connectivity index (χ4n) is 3.33. The first kappa shape index (κ1) is 13.1. The van der Waals surface area contributed by atoms with Gasteiger partial charge in [-0.3, -0.25) is 0 Å². The van der Waals surface area contributed by atoms with Gasteiger partial charge in [0.15, 0.2) is 5.82 Å². The summed E-state index contributed by atoms with van der Waals surface area (Å²) in [6.45, 7) is 1.08. The van der Waals surface area contributed by atoms with Crippen LogP contribution in [0.2, 0.25) is 0 Å². The summed E-state index contributed by atoms with van der Waals surface area (Å²) in [6, 6.07) is 0.319. The molecule has 1 saturated carbocycles. The maximum atomic E-state index is 5.55. The van der Waals surface area contributed by atoms with Gasteiger partial charge in [-0.25, -0.2) is 0 Å². The molecule has 0 radical (unpaired) electrons. The molecule has 0 aromatic carbocycles. The predicted molar refractivity (Wildman–Crippen MR) is 74.0 cm³/mol. The molecule has 3 rings (SSSR count). The van der Waals surface area contributed by atoms with E-state index in [1.807, 2.05) is 0 Å². The molecule has 1 aromatic heterocycles. The average Bonchev–Trinajstić information content (AvgIpc) is 2.89. The molecule has 1 N–H and O–H groups in total. The van der Waals surface area contributed by atoms with Gasteiger partial charge in [-0.05, 0) is 32.2 Å². The molecule has 1 unspecified atom stereocenters. The van der Waals surface area contributed by atoms with E-state index in [2.05, 4.69) is 15.5 Å². The molecule has 0 amide bonds. The molecule has 1 aliphatic heterocycles. The van der Waals surface area contributed by atoms with E-state index >= 15 is 0 Å². The van der Waals surface area contributed by atoms with Crippen LogP contribution in [-0.4, -0.2) is 16.7 Å². The number of nitrogens with one attached hydrogen (secondary N) is 1. The van der Waals surface area contributed by atoms with Crippen LogP contribution in [0.1, 0.15) is 87.9 Å². The van der Waals surface area contributed by atoms with Gasteiger partial charge in [0.1, 0.15) is 0 Å². The van der Waals surface area contributed by atoms with Gasteiger partial charge in [0.05, 0.1) is 6.04 Å². The zero-order valence-electron chi connectivity index (χ0n) is 11.7. The Kier molecular flexibility index (Phi) is 4.49. The molecule has 2 fully saturated rings. The summed E-state index contributed by atoms with van der Waals surface area (Å²) in [5.74, 6) is 2.28. The van der Waals surface area contributed by atoms with E-state index in [0.717, 1.165) is 24.7 Å². The Labute approximate surface area is 115 Å². The molecule has 2 aliphatic rings. The van der Waals surface area contributed by atoms with Crippen molar-refractivity contribution in [3.8, 4) is 0 Å². The minimum Gasteiger partial charge on any atom is -0.339 e. The maximum Gasteiger partial charge on any atom is 0.229 e. The van der Waals surface area contributed by atoms with Crippen LogP contribution in [0.3, 0.4) is 0 Å². The number of hydrogen-bond acceptors (Lipinski definition) is 4. The summed E-state index contributed by atoms with van der Waals surface area (Å²) >= 11 is 0. The molecule has 2 heterocycles. The van der Waals surface area contributed by atoms with Gasteiger partial charge in [0.25, 0.3) is 0 Å². The molecule has 1 aromatic rings. The molecule has 19 heavy (non-hydrogen) atoms. The lowest BCUT2D eigenvalue weighted by Crippen LogP contribution is -2.27. The first-order chi connectivity index (χ1) is 9.43. The van der Waals surface area contributed by atoms with E-state index in [4.69, 9.17) is 4.52 Å². The summed E-state index contributed by atoms with van der Waals surface area (Å²) in [4.78, 5) is 4.69. The summed E-state index contributed by atoms with van der Waals surface area (Å²) in [7, 11) is 0. The second kappa shape index (κ2) is 6.51. The van der Waals surface area contributed by atoms with Crippen LogP contribution in [0.5, 0.6) is 0 Å². The molecule has 4 nitrogen and oxygen atoms in total. The smallest absolute Gasteiger partial charge is 0.229 e. The Morgan fingerprint density at radius 3 is 2.37 bits per heavy atom. The largest absolute Gasteiger partial charge is 0.339 e. The lowest BCUT2D eigenvalue weighted by atomic mass is 9.91. The quantitative estimate of drug-likeness (QED) is 0.883. The molecular weight excluding hydrogens is 238 g/mol. The van der Waals surface area contributed by atoms with Gasteiger partial charge < -0.3 is 9.84 Å². The zero-order chi connectivity index (χ0) is 12.9. The van der Waals surface area contributed by atoms with Gasteiger partial charge in [-0.1, -0.05) is 43.7 Å². The van der Waals surface area contributed by atoms with Crippen molar-refractivity contribution in [3.63, 3.8) is 0 Å². The minimum absolute atomic E-state index is 0.319. The van der Waals surface area contributed by atoms with Crippen LogP contribution in [0, 0.1) is 0 Å². The standard InChI is InChI=1S/C15H25N3O/c1-2-4-8-12(9-5-3-1)15-17-14(18-19-15)13-10-6-7-11-16-13/h12-13,16H,1-11H2. The normalized spacial score (nSPS) is 26.8. The molecule has 0 spiro atoms. The summed E-state index contributed by atoms with van der Waals surface area (Å²) in [6.07, 6.45) is 12.9. The highest BCUT2D eigenvalue weighted by atomic mass is 16.5. The van der Waals surface area contributed by atoms with Gasteiger partial charge >= 0.3 is 0 Å². The lowest BCUT2D eigenvalue weighted by Gasteiger charge is -2.20. The second-order valence-electron chi connectivity index (χ2n) is 6.04. The number of aromatic nitrogens is 2. The van der Waals surface area contributed by atoms with Crippen LogP contribution >= 0.6 is 0 Å². The Hall–Kier alpha value is -0.900. The van der Waals surface area contributed by atoms with Crippen molar-refractivity contribution >= 4 is 0 Å². The Balaban J connectivity index is 1.65. The Bertz CT molecular complexity index is 376. The summed E-state index contributed by atoms with van der Waals surface area (Å²) < 4.78 is 5.55. The highest BCUT2D eigenvalue weighted by Gasteiger charge is 2.24. The number of hydrogen-bond donors (Lipinski definition) is 1. The summed E-state index contributed by atoms with van der Waals surface area (Å²) in [5.41, 5.74) is 0. The van der Waals surface area contributed by atoms with E-state index in [0.29, 0.717) is 12.0 Å². The van der Waals surface area contributed by atoms with Crippen LogP contribution in [0.25, 0.3) is 0 Å². The molecule has 4 heteroatoms. The first-order valence-electron chi connectivity index (χ1n) is 8.00. The number of piperidine rings is 1. The molecule has 1 atom stereocenters. The topological polar surface area (TPSA) is 51.0 Å². The van der Waals surface area contributed by atoms with Gasteiger partial charge in [-0.15, -0.1) is 0 Å². The molecule has 1 aliphatic carbocycles. The SMILES string of the molecule is C1CCCC(c2nc(C3CCCCN3)no2)CCC1. The monoisotopic (exact) mass is 263 g/mol. The van der Waals surface area contributed by atoms with E-state index in [1.165, 1.54) is 57.8 Å². The lowest BCUT2D eigenvalue weighted by molar-refractivity contribution is 0.314. The third-order valence-corrected chi connectivity index (χ3v) is 4.53. The highest BCUT2D eigenvalue weighted by molar-refractivity contribution is 4.99. The van der Waals surface area contributed by atoms with Crippen molar-refractivity contribution in [3.05, 3.63) is 11.7 Å². The predicted octanol–water partition coefficient (Wildman–Crippen LogP) is 3.71. The number of nitrogens with zero attached hydrogens (tertiary/aromatic N) is 2. The third kappa shape index (κ3) is 3.35.